The second-order valence-electron chi connectivity index (χ2n) is 6.55. The summed E-state index contributed by atoms with van der Waals surface area (Å²) in [5.74, 6) is 2.92. The highest BCUT2D eigenvalue weighted by atomic mass is 35.5. The van der Waals surface area contributed by atoms with Gasteiger partial charge < -0.3 is 9.64 Å². The molecule has 0 aliphatic rings. The van der Waals surface area contributed by atoms with Crippen molar-refractivity contribution in [2.45, 2.75) is 31.2 Å². The van der Waals surface area contributed by atoms with E-state index < -0.39 is 10.0 Å². The number of amides is 1. The molecule has 0 saturated carbocycles. The third-order valence-electron chi connectivity index (χ3n) is 4.53. The minimum atomic E-state index is -3.62. The molecule has 0 radical (unpaired) electrons. The monoisotopic (exact) mass is 448 g/mol. The maximum Gasteiger partial charge on any atom is 0.241 e. The summed E-state index contributed by atoms with van der Waals surface area (Å²) in [4.78, 5) is 14.3. The second kappa shape index (κ2) is 11.0. The predicted octanol–water partition coefficient (Wildman–Crippen LogP) is 3.24. The third-order valence-corrected chi connectivity index (χ3v) is 6.18. The smallest absolute Gasteiger partial charge is 0.241 e. The summed E-state index contributed by atoms with van der Waals surface area (Å²) in [6.45, 7) is 2.60. The highest BCUT2D eigenvalue weighted by molar-refractivity contribution is 7.89. The van der Waals surface area contributed by atoms with Crippen LogP contribution >= 0.6 is 11.6 Å². The Bertz CT molecular complexity index is 1010. The van der Waals surface area contributed by atoms with Crippen molar-refractivity contribution in [2.75, 3.05) is 20.2 Å². The van der Waals surface area contributed by atoms with E-state index in [1.807, 2.05) is 6.92 Å². The van der Waals surface area contributed by atoms with E-state index in [2.05, 4.69) is 10.6 Å². The van der Waals surface area contributed by atoms with Crippen LogP contribution in [0.5, 0.6) is 5.75 Å². The molecule has 30 heavy (non-hydrogen) atoms. The molecule has 1 amide bonds. The van der Waals surface area contributed by atoms with Crippen LogP contribution in [-0.4, -0.2) is 39.4 Å². The first-order chi connectivity index (χ1) is 14.3. The number of nitrogens with zero attached hydrogens (tertiary/aromatic N) is 1. The summed E-state index contributed by atoms with van der Waals surface area (Å²) in [6.07, 6.45) is 6.05. The van der Waals surface area contributed by atoms with Gasteiger partial charge in [0.2, 0.25) is 15.9 Å². The SMILES string of the molecule is C#CCNS(=O)(=O)c1ccc(CCN(Cc2cc(Cl)ccc2OC)C(=O)CC)cc1. The summed E-state index contributed by atoms with van der Waals surface area (Å²) < 4.78 is 31.9. The van der Waals surface area contributed by atoms with Crippen LogP contribution < -0.4 is 9.46 Å². The highest BCUT2D eigenvalue weighted by Gasteiger charge is 2.16. The van der Waals surface area contributed by atoms with Gasteiger partial charge in [-0.25, -0.2) is 8.42 Å². The number of sulfonamides is 1. The van der Waals surface area contributed by atoms with Crippen molar-refractivity contribution >= 4 is 27.5 Å². The Balaban J connectivity index is 2.11. The molecule has 6 nitrogen and oxygen atoms in total. The Labute approximate surface area is 183 Å². The Hall–Kier alpha value is -2.53. The van der Waals surface area contributed by atoms with Crippen LogP contribution in [0.2, 0.25) is 5.02 Å². The average Bonchev–Trinajstić information content (AvgIpc) is 2.75. The van der Waals surface area contributed by atoms with E-state index in [9.17, 15) is 13.2 Å². The zero-order valence-electron chi connectivity index (χ0n) is 17.0. The summed E-state index contributed by atoms with van der Waals surface area (Å²) in [5.41, 5.74) is 1.74. The van der Waals surface area contributed by atoms with Crippen molar-refractivity contribution in [1.82, 2.24) is 9.62 Å². The van der Waals surface area contributed by atoms with E-state index in [-0.39, 0.29) is 17.3 Å². The van der Waals surface area contributed by atoms with Crippen LogP contribution in [0.15, 0.2) is 47.4 Å². The Kier molecular flexibility index (Phi) is 8.72. The topological polar surface area (TPSA) is 75.7 Å². The van der Waals surface area contributed by atoms with Crippen molar-refractivity contribution in [3.05, 3.63) is 58.6 Å². The predicted molar refractivity (Wildman–Crippen MR) is 118 cm³/mol. The van der Waals surface area contributed by atoms with Crippen LogP contribution in [0.4, 0.5) is 0 Å². The fourth-order valence-corrected chi connectivity index (χ4v) is 4.04. The molecule has 0 fully saturated rings. The summed E-state index contributed by atoms with van der Waals surface area (Å²) in [6, 6.07) is 11.8. The molecule has 0 heterocycles. The van der Waals surface area contributed by atoms with Crippen molar-refractivity contribution in [3.8, 4) is 18.1 Å². The maximum atomic E-state index is 12.5. The highest BCUT2D eigenvalue weighted by Crippen LogP contribution is 2.24. The molecule has 0 atom stereocenters. The lowest BCUT2D eigenvalue weighted by molar-refractivity contribution is -0.131. The summed E-state index contributed by atoms with van der Waals surface area (Å²) in [5, 5.41) is 0.574. The Morgan fingerprint density at radius 3 is 2.53 bits per heavy atom. The molecule has 0 saturated heterocycles. The van der Waals surface area contributed by atoms with Gasteiger partial charge in [-0.3, -0.25) is 4.79 Å². The standard InChI is InChI=1S/C22H25ClN2O4S/c1-4-13-24-30(27,28)20-9-6-17(7-10-20)12-14-25(22(26)5-2)16-18-15-19(23)8-11-21(18)29-3/h1,6-11,15,24H,5,12-14,16H2,2-3H3. The molecular weight excluding hydrogens is 424 g/mol. The molecule has 0 aliphatic carbocycles. The molecule has 0 bridgehead atoms. The van der Waals surface area contributed by atoms with Gasteiger partial charge in [-0.15, -0.1) is 6.42 Å². The number of hydrogen-bond acceptors (Lipinski definition) is 4. The molecule has 8 heteroatoms. The summed E-state index contributed by atoms with van der Waals surface area (Å²) in [7, 11) is -2.05. The van der Waals surface area contributed by atoms with Crippen molar-refractivity contribution < 1.29 is 17.9 Å². The van der Waals surface area contributed by atoms with Crippen LogP contribution in [0, 0.1) is 12.3 Å². The lowest BCUT2D eigenvalue weighted by atomic mass is 10.1. The van der Waals surface area contributed by atoms with E-state index in [4.69, 9.17) is 22.8 Å². The number of rotatable bonds is 10. The first-order valence-electron chi connectivity index (χ1n) is 9.43. The van der Waals surface area contributed by atoms with Gasteiger partial charge in [-0.2, -0.15) is 4.72 Å². The number of benzene rings is 2. The van der Waals surface area contributed by atoms with E-state index >= 15 is 0 Å². The van der Waals surface area contributed by atoms with Crippen molar-refractivity contribution in [3.63, 3.8) is 0 Å². The number of methoxy groups -OCH3 is 1. The third kappa shape index (κ3) is 6.49. The number of carbonyl (C=O) groups is 1. The Morgan fingerprint density at radius 2 is 1.93 bits per heavy atom. The molecule has 0 spiro atoms. The number of halogens is 1. The number of carbonyl (C=O) groups excluding carboxylic acids is 1. The summed E-state index contributed by atoms with van der Waals surface area (Å²) >= 11 is 6.10. The lowest BCUT2D eigenvalue weighted by Crippen LogP contribution is -2.32. The normalized spacial score (nSPS) is 11.0. The molecule has 2 aromatic carbocycles. The van der Waals surface area contributed by atoms with Gasteiger partial charge in [0.1, 0.15) is 5.75 Å². The van der Waals surface area contributed by atoms with Crippen molar-refractivity contribution in [2.24, 2.45) is 0 Å². The van der Waals surface area contributed by atoms with E-state index in [0.717, 1.165) is 11.1 Å². The van der Waals surface area contributed by atoms with Crippen LogP contribution in [-0.2, 0) is 27.8 Å². The average molecular weight is 449 g/mol. The minimum Gasteiger partial charge on any atom is -0.496 e. The van der Waals surface area contributed by atoms with E-state index in [1.165, 1.54) is 12.1 Å². The zero-order valence-corrected chi connectivity index (χ0v) is 18.6. The quantitative estimate of drug-likeness (QED) is 0.566. The van der Waals surface area contributed by atoms with Gasteiger partial charge in [0.05, 0.1) is 18.6 Å². The fraction of sp³-hybridized carbons (Fsp3) is 0.318. The van der Waals surface area contributed by atoms with Crippen LogP contribution in [0.1, 0.15) is 24.5 Å². The lowest BCUT2D eigenvalue weighted by Gasteiger charge is -2.23. The number of terminal acetylenes is 1. The second-order valence-corrected chi connectivity index (χ2v) is 8.75. The van der Waals surface area contributed by atoms with Gasteiger partial charge in [-0.05, 0) is 42.3 Å². The molecule has 0 unspecified atom stereocenters. The van der Waals surface area contributed by atoms with Gasteiger partial charge in [-0.1, -0.05) is 36.6 Å². The molecule has 1 N–H and O–H groups in total. The largest absolute Gasteiger partial charge is 0.496 e. The minimum absolute atomic E-state index is 0.00899. The number of hydrogen-bond donors (Lipinski definition) is 1. The van der Waals surface area contributed by atoms with Crippen LogP contribution in [0.25, 0.3) is 0 Å². The first kappa shape index (κ1) is 23.7. The zero-order chi connectivity index (χ0) is 22.1. The van der Waals surface area contributed by atoms with Gasteiger partial charge >= 0.3 is 0 Å². The van der Waals surface area contributed by atoms with Gasteiger partial charge in [0.25, 0.3) is 0 Å². The fourth-order valence-electron chi connectivity index (χ4n) is 2.91. The molecule has 160 valence electrons. The van der Waals surface area contributed by atoms with Crippen molar-refractivity contribution in [1.29, 1.82) is 0 Å². The maximum absolute atomic E-state index is 12.5. The Morgan fingerprint density at radius 1 is 1.23 bits per heavy atom. The van der Waals surface area contributed by atoms with Gasteiger partial charge in [0.15, 0.2) is 0 Å². The number of ether oxygens (including phenoxy) is 1. The molecule has 2 aromatic rings. The number of nitrogens with one attached hydrogen (secondary N) is 1. The molecule has 2 rings (SSSR count). The molecule has 0 aliphatic heterocycles. The molecular formula is C22H25ClN2O4S. The van der Waals surface area contributed by atoms with Gasteiger partial charge in [0, 0.05) is 30.1 Å². The van der Waals surface area contributed by atoms with Crippen LogP contribution in [0.3, 0.4) is 0 Å². The first-order valence-corrected chi connectivity index (χ1v) is 11.3. The van der Waals surface area contributed by atoms with E-state index in [0.29, 0.717) is 36.7 Å². The van der Waals surface area contributed by atoms with E-state index in [1.54, 1.807) is 42.3 Å². The molecule has 0 aromatic heterocycles.